The number of rotatable bonds is 6. The van der Waals surface area contributed by atoms with Crippen LogP contribution in [0.1, 0.15) is 27.7 Å². The highest BCUT2D eigenvalue weighted by Crippen LogP contribution is 2.20. The number of fused-ring (bicyclic) bond motifs is 1. The van der Waals surface area contributed by atoms with Crippen molar-refractivity contribution in [3.05, 3.63) is 23.0 Å². The van der Waals surface area contributed by atoms with Crippen LogP contribution in [0.2, 0.25) is 0 Å². The average Bonchev–Trinajstić information content (AvgIpc) is 2.73. The van der Waals surface area contributed by atoms with Crippen LogP contribution in [0.25, 0.3) is 11.0 Å². The van der Waals surface area contributed by atoms with Gasteiger partial charge in [0.1, 0.15) is 5.75 Å². The predicted octanol–water partition coefficient (Wildman–Crippen LogP) is 3.83. The number of aromatic amines is 1. The molecule has 2 aromatic rings. The smallest absolute Gasteiger partial charge is 0.178 e. The van der Waals surface area contributed by atoms with E-state index in [9.17, 15) is 0 Å². The summed E-state index contributed by atoms with van der Waals surface area (Å²) in [6, 6.07) is 7.10. The molecule has 2 rings (SSSR count). The molecule has 0 radical (unpaired) electrons. The van der Waals surface area contributed by atoms with Gasteiger partial charge in [-0.15, -0.1) is 0 Å². The lowest BCUT2D eigenvalue weighted by Crippen LogP contribution is -2.39. The Balaban J connectivity index is 2.26. The van der Waals surface area contributed by atoms with Crippen LogP contribution in [-0.2, 0) is 6.54 Å². The molecule has 0 spiro atoms. The van der Waals surface area contributed by atoms with Gasteiger partial charge in [-0.3, -0.25) is 4.90 Å². The van der Waals surface area contributed by atoms with Crippen LogP contribution in [0, 0.1) is 4.77 Å². The van der Waals surface area contributed by atoms with Crippen molar-refractivity contribution in [2.75, 3.05) is 13.7 Å². The monoisotopic (exact) mass is 307 g/mol. The Bertz CT molecular complexity index is 649. The molecule has 0 aliphatic rings. The fourth-order valence-corrected chi connectivity index (χ4v) is 3.12. The number of aromatic nitrogens is 2. The number of nitrogens with zero attached hydrogens (tertiary/aromatic N) is 2. The Morgan fingerprint density at radius 2 is 1.90 bits per heavy atom. The topological polar surface area (TPSA) is 33.2 Å². The number of nitrogens with one attached hydrogen (secondary N) is 1. The highest BCUT2D eigenvalue weighted by atomic mass is 32.1. The molecular weight excluding hydrogens is 282 g/mol. The first-order chi connectivity index (χ1) is 9.93. The highest BCUT2D eigenvalue weighted by Gasteiger charge is 2.14. The first-order valence-corrected chi connectivity index (χ1v) is 7.87. The van der Waals surface area contributed by atoms with Crippen molar-refractivity contribution in [3.63, 3.8) is 0 Å². The Kier molecular flexibility index (Phi) is 5.06. The third kappa shape index (κ3) is 3.47. The van der Waals surface area contributed by atoms with Crippen molar-refractivity contribution < 1.29 is 4.74 Å². The van der Waals surface area contributed by atoms with Crippen molar-refractivity contribution in [1.29, 1.82) is 0 Å². The molecule has 1 heterocycles. The molecule has 116 valence electrons. The second-order valence-corrected chi connectivity index (χ2v) is 6.28. The summed E-state index contributed by atoms with van der Waals surface area (Å²) in [6.45, 7) is 10.8. The van der Waals surface area contributed by atoms with E-state index in [0.717, 1.165) is 34.6 Å². The maximum Gasteiger partial charge on any atom is 0.178 e. The number of benzene rings is 1. The Morgan fingerprint density at radius 3 is 2.48 bits per heavy atom. The molecular formula is C16H25N3OS. The molecule has 0 fully saturated rings. The van der Waals surface area contributed by atoms with Crippen molar-refractivity contribution in [3.8, 4) is 5.75 Å². The number of imidazole rings is 1. The molecule has 1 aromatic heterocycles. The standard InChI is InChI=1S/C16H25N3OS/c1-11(2)18(12(3)4)8-9-19-15-7-6-13(20-5)10-14(15)17-16(19)21/h6-7,10-12H,8-9H2,1-5H3,(H,17,21). The van der Waals surface area contributed by atoms with Gasteiger partial charge >= 0.3 is 0 Å². The lowest BCUT2D eigenvalue weighted by Gasteiger charge is -2.30. The summed E-state index contributed by atoms with van der Waals surface area (Å²) in [4.78, 5) is 5.74. The van der Waals surface area contributed by atoms with E-state index >= 15 is 0 Å². The van der Waals surface area contributed by atoms with E-state index in [1.54, 1.807) is 7.11 Å². The van der Waals surface area contributed by atoms with Crippen LogP contribution in [0.15, 0.2) is 18.2 Å². The molecule has 0 unspecified atom stereocenters. The highest BCUT2D eigenvalue weighted by molar-refractivity contribution is 7.71. The number of hydrogen-bond acceptors (Lipinski definition) is 3. The number of H-pyrrole nitrogens is 1. The lowest BCUT2D eigenvalue weighted by atomic mass is 10.2. The van der Waals surface area contributed by atoms with Gasteiger partial charge in [0.15, 0.2) is 4.77 Å². The molecule has 0 saturated heterocycles. The zero-order valence-electron chi connectivity index (χ0n) is 13.5. The summed E-state index contributed by atoms with van der Waals surface area (Å²) < 4.78 is 8.20. The van der Waals surface area contributed by atoms with E-state index in [2.05, 4.69) is 48.2 Å². The molecule has 1 aromatic carbocycles. The summed E-state index contributed by atoms with van der Waals surface area (Å²) >= 11 is 5.46. The van der Waals surface area contributed by atoms with Gasteiger partial charge in [-0.25, -0.2) is 0 Å². The first-order valence-electron chi connectivity index (χ1n) is 7.46. The fraction of sp³-hybridized carbons (Fsp3) is 0.562. The van der Waals surface area contributed by atoms with Crippen molar-refractivity contribution in [2.24, 2.45) is 0 Å². The van der Waals surface area contributed by atoms with Gasteiger partial charge in [-0.1, -0.05) is 0 Å². The molecule has 0 saturated carbocycles. The summed E-state index contributed by atoms with van der Waals surface area (Å²) in [6.07, 6.45) is 0. The minimum absolute atomic E-state index is 0.532. The normalized spacial score (nSPS) is 12.0. The van der Waals surface area contributed by atoms with Crippen LogP contribution in [0.5, 0.6) is 5.75 Å². The lowest BCUT2D eigenvalue weighted by molar-refractivity contribution is 0.168. The van der Waals surface area contributed by atoms with E-state index in [-0.39, 0.29) is 0 Å². The van der Waals surface area contributed by atoms with Crippen molar-refractivity contribution in [1.82, 2.24) is 14.5 Å². The van der Waals surface area contributed by atoms with E-state index in [1.165, 1.54) is 0 Å². The van der Waals surface area contributed by atoms with Gasteiger partial charge in [-0.05, 0) is 52.0 Å². The van der Waals surface area contributed by atoms with Crippen LogP contribution in [-0.4, -0.2) is 40.2 Å². The van der Waals surface area contributed by atoms with E-state index in [1.807, 2.05) is 12.1 Å². The molecule has 0 aliphatic heterocycles. The SMILES string of the molecule is COc1ccc2c(c1)[nH]c(=S)n2CCN(C(C)C)C(C)C. The van der Waals surface area contributed by atoms with Crippen LogP contribution >= 0.6 is 12.2 Å². The van der Waals surface area contributed by atoms with Crippen molar-refractivity contribution >= 4 is 23.3 Å². The van der Waals surface area contributed by atoms with Gasteiger partial charge in [0.25, 0.3) is 0 Å². The zero-order chi connectivity index (χ0) is 15.6. The maximum atomic E-state index is 5.46. The van der Waals surface area contributed by atoms with Crippen LogP contribution in [0.3, 0.4) is 0 Å². The molecule has 0 atom stereocenters. The van der Waals surface area contributed by atoms with Gasteiger partial charge in [-0.2, -0.15) is 0 Å². The Labute approximate surface area is 131 Å². The Morgan fingerprint density at radius 1 is 1.24 bits per heavy atom. The van der Waals surface area contributed by atoms with Gasteiger partial charge < -0.3 is 14.3 Å². The second-order valence-electron chi connectivity index (χ2n) is 5.89. The summed E-state index contributed by atoms with van der Waals surface area (Å²) in [5.41, 5.74) is 2.16. The molecule has 5 heteroatoms. The second kappa shape index (κ2) is 6.62. The van der Waals surface area contributed by atoms with Crippen molar-refractivity contribution in [2.45, 2.75) is 46.3 Å². The average molecular weight is 307 g/mol. The largest absolute Gasteiger partial charge is 0.497 e. The molecule has 0 aliphatic carbocycles. The minimum atomic E-state index is 0.532. The number of hydrogen-bond donors (Lipinski definition) is 1. The third-order valence-electron chi connectivity index (χ3n) is 3.89. The van der Waals surface area contributed by atoms with Gasteiger partial charge in [0.2, 0.25) is 0 Å². The molecule has 0 amide bonds. The quantitative estimate of drug-likeness (QED) is 0.824. The van der Waals surface area contributed by atoms with E-state index < -0.39 is 0 Å². The molecule has 4 nitrogen and oxygen atoms in total. The summed E-state index contributed by atoms with van der Waals surface area (Å²) in [5, 5.41) is 0. The number of ether oxygens (including phenoxy) is 1. The third-order valence-corrected chi connectivity index (χ3v) is 4.21. The Hall–Kier alpha value is -1.33. The fourth-order valence-electron chi connectivity index (χ4n) is 2.82. The molecule has 1 N–H and O–H groups in total. The summed E-state index contributed by atoms with van der Waals surface area (Å²) in [7, 11) is 1.68. The summed E-state index contributed by atoms with van der Waals surface area (Å²) in [5.74, 6) is 0.844. The minimum Gasteiger partial charge on any atom is -0.497 e. The van der Waals surface area contributed by atoms with Gasteiger partial charge in [0.05, 0.1) is 18.1 Å². The molecule has 0 bridgehead atoms. The maximum absolute atomic E-state index is 5.46. The van der Waals surface area contributed by atoms with Gasteiger partial charge in [0, 0.05) is 31.2 Å². The first kappa shape index (κ1) is 16.0. The van der Waals surface area contributed by atoms with E-state index in [0.29, 0.717) is 12.1 Å². The molecule has 21 heavy (non-hydrogen) atoms. The zero-order valence-corrected chi connectivity index (χ0v) is 14.3. The number of methoxy groups -OCH3 is 1. The van der Waals surface area contributed by atoms with E-state index in [4.69, 9.17) is 17.0 Å². The van der Waals surface area contributed by atoms with Crippen LogP contribution in [0.4, 0.5) is 0 Å². The predicted molar refractivity (Wildman–Crippen MR) is 90.7 cm³/mol. The van der Waals surface area contributed by atoms with Crippen LogP contribution < -0.4 is 4.74 Å².